The van der Waals surface area contributed by atoms with Crippen LogP contribution >= 0.6 is 11.8 Å². The number of amides is 1. The number of ether oxygens (including phenoxy) is 2. The van der Waals surface area contributed by atoms with Crippen LogP contribution in [-0.2, 0) is 15.9 Å². The van der Waals surface area contributed by atoms with Gasteiger partial charge in [-0.05, 0) is 54.8 Å². The maximum Gasteiger partial charge on any atom is 0.251 e. The predicted octanol–water partition coefficient (Wildman–Crippen LogP) is 5.31. The molecular formula is C32H41N5O3S. The topological polar surface area (TPSA) is 79.8 Å². The van der Waals surface area contributed by atoms with Crippen LogP contribution in [0.4, 0.5) is 11.5 Å². The van der Waals surface area contributed by atoms with E-state index in [2.05, 4.69) is 54.1 Å². The molecule has 3 aromatic rings. The average Bonchev–Trinajstić information content (AvgIpc) is 3.52. The van der Waals surface area contributed by atoms with Crippen molar-refractivity contribution in [1.29, 1.82) is 0 Å². The van der Waals surface area contributed by atoms with Gasteiger partial charge in [-0.15, -0.1) is 0 Å². The molecule has 9 heteroatoms. The number of nitrogens with zero attached hydrogens (tertiary/aromatic N) is 4. The largest absolute Gasteiger partial charge is 0.497 e. The molecule has 0 saturated carbocycles. The zero-order valence-electron chi connectivity index (χ0n) is 24.6. The van der Waals surface area contributed by atoms with Crippen molar-refractivity contribution in [2.75, 3.05) is 56.2 Å². The number of aromatic nitrogens is 2. The quantitative estimate of drug-likeness (QED) is 0.272. The maximum atomic E-state index is 12.5. The van der Waals surface area contributed by atoms with Crippen molar-refractivity contribution < 1.29 is 14.3 Å². The van der Waals surface area contributed by atoms with Gasteiger partial charge in [0.05, 0.1) is 18.9 Å². The number of methoxy groups -OCH3 is 1. The van der Waals surface area contributed by atoms with Crippen molar-refractivity contribution in [2.24, 2.45) is 0 Å². The van der Waals surface area contributed by atoms with Gasteiger partial charge < -0.3 is 24.6 Å². The molecule has 5 rings (SSSR count). The van der Waals surface area contributed by atoms with E-state index >= 15 is 0 Å². The van der Waals surface area contributed by atoms with E-state index in [0.717, 1.165) is 79.4 Å². The number of piperazine rings is 1. The number of hydrogen-bond donors (Lipinski definition) is 1. The fourth-order valence-corrected chi connectivity index (χ4v) is 5.83. The standard InChI is InChI=1S/C32H41N5O3S/c1-32(2,3)28-20-29(37-17-15-36(16-18-37)25-11-13-26(39-4)14-12-25)35-31(34-28)41-22-23-7-9-24(10-8-23)30(38)33-21-27-6-5-19-40-27/h7-14,20,27H,5-6,15-19,21-22H2,1-4H3,(H,33,38)/t27-/m1/s1. The molecule has 3 heterocycles. The van der Waals surface area contributed by atoms with Crippen molar-refractivity contribution in [3.05, 3.63) is 71.4 Å². The number of carbonyl (C=O) groups excluding carboxylic acids is 1. The van der Waals surface area contributed by atoms with Crippen LogP contribution in [0.2, 0.25) is 0 Å². The first-order chi connectivity index (χ1) is 19.8. The smallest absolute Gasteiger partial charge is 0.251 e. The normalized spacial score (nSPS) is 17.5. The summed E-state index contributed by atoms with van der Waals surface area (Å²) in [5, 5.41) is 3.77. The highest BCUT2D eigenvalue weighted by molar-refractivity contribution is 7.98. The third-order valence-corrected chi connectivity index (χ3v) is 8.52. The SMILES string of the molecule is COc1ccc(N2CCN(c3cc(C(C)(C)C)nc(SCc4ccc(C(=O)NC[C@H]5CCCO5)cc4)n3)CC2)cc1. The highest BCUT2D eigenvalue weighted by Crippen LogP contribution is 2.30. The van der Waals surface area contributed by atoms with Crippen molar-refractivity contribution in [1.82, 2.24) is 15.3 Å². The minimum Gasteiger partial charge on any atom is -0.497 e. The summed E-state index contributed by atoms with van der Waals surface area (Å²) in [5.41, 5.74) is 3.96. The fourth-order valence-electron chi connectivity index (χ4n) is 5.02. The van der Waals surface area contributed by atoms with Gasteiger partial charge in [-0.3, -0.25) is 4.79 Å². The monoisotopic (exact) mass is 575 g/mol. The Bertz CT molecular complexity index is 1300. The molecule has 8 nitrogen and oxygen atoms in total. The summed E-state index contributed by atoms with van der Waals surface area (Å²) in [5.74, 6) is 2.54. The van der Waals surface area contributed by atoms with E-state index in [4.69, 9.17) is 19.4 Å². The molecule has 0 bridgehead atoms. The van der Waals surface area contributed by atoms with E-state index < -0.39 is 0 Å². The molecule has 2 saturated heterocycles. The van der Waals surface area contributed by atoms with Crippen LogP contribution in [0.3, 0.4) is 0 Å². The van der Waals surface area contributed by atoms with Crippen LogP contribution in [0.25, 0.3) is 0 Å². The van der Waals surface area contributed by atoms with Crippen molar-refractivity contribution in [3.63, 3.8) is 0 Å². The van der Waals surface area contributed by atoms with E-state index in [1.54, 1.807) is 18.9 Å². The molecule has 2 fully saturated rings. The van der Waals surface area contributed by atoms with Crippen LogP contribution in [0.5, 0.6) is 5.75 Å². The molecule has 218 valence electrons. The summed E-state index contributed by atoms with van der Waals surface area (Å²) < 4.78 is 10.9. The Balaban J connectivity index is 1.21. The van der Waals surface area contributed by atoms with E-state index in [1.165, 1.54) is 5.69 Å². The molecule has 1 aromatic heterocycles. The minimum absolute atomic E-state index is 0.0577. The number of carbonyl (C=O) groups is 1. The number of benzene rings is 2. The van der Waals surface area contributed by atoms with Gasteiger partial charge >= 0.3 is 0 Å². The molecule has 1 amide bonds. The Kier molecular flexibility index (Phi) is 9.35. The highest BCUT2D eigenvalue weighted by Gasteiger charge is 2.23. The zero-order valence-corrected chi connectivity index (χ0v) is 25.4. The van der Waals surface area contributed by atoms with Gasteiger partial charge in [-0.25, -0.2) is 9.97 Å². The van der Waals surface area contributed by atoms with Crippen molar-refractivity contribution in [2.45, 2.75) is 56.0 Å². The Labute approximate surface area is 247 Å². The first-order valence-corrected chi connectivity index (χ1v) is 15.4. The van der Waals surface area contributed by atoms with Gasteiger partial charge in [0.15, 0.2) is 5.16 Å². The summed E-state index contributed by atoms with van der Waals surface area (Å²) in [6.07, 6.45) is 2.22. The van der Waals surface area contributed by atoms with E-state index in [-0.39, 0.29) is 17.4 Å². The highest BCUT2D eigenvalue weighted by atomic mass is 32.2. The van der Waals surface area contributed by atoms with Gasteiger partial charge in [-0.2, -0.15) is 0 Å². The molecule has 1 atom stereocenters. The molecule has 41 heavy (non-hydrogen) atoms. The Hall–Kier alpha value is -3.30. The Morgan fingerprint density at radius 3 is 2.37 bits per heavy atom. The van der Waals surface area contributed by atoms with Crippen molar-refractivity contribution in [3.8, 4) is 5.75 Å². The van der Waals surface area contributed by atoms with Gasteiger partial charge in [0.1, 0.15) is 11.6 Å². The van der Waals surface area contributed by atoms with Crippen LogP contribution < -0.4 is 19.9 Å². The molecule has 0 aliphatic carbocycles. The molecule has 0 radical (unpaired) electrons. The first kappa shape index (κ1) is 29.2. The predicted molar refractivity (Wildman–Crippen MR) is 165 cm³/mol. The summed E-state index contributed by atoms with van der Waals surface area (Å²) in [4.78, 5) is 27.2. The van der Waals surface area contributed by atoms with Gasteiger partial charge in [0, 0.05) is 67.8 Å². The Morgan fingerprint density at radius 1 is 1.02 bits per heavy atom. The van der Waals surface area contributed by atoms with Gasteiger partial charge in [0.2, 0.25) is 0 Å². The van der Waals surface area contributed by atoms with E-state index in [9.17, 15) is 4.79 Å². The second kappa shape index (κ2) is 13.1. The second-order valence-electron chi connectivity index (χ2n) is 11.6. The Morgan fingerprint density at radius 2 is 1.73 bits per heavy atom. The number of hydrogen-bond acceptors (Lipinski definition) is 8. The molecular weight excluding hydrogens is 534 g/mol. The lowest BCUT2D eigenvalue weighted by Crippen LogP contribution is -2.47. The van der Waals surface area contributed by atoms with E-state index in [0.29, 0.717) is 12.1 Å². The third kappa shape index (κ3) is 7.71. The van der Waals surface area contributed by atoms with Crippen LogP contribution in [-0.4, -0.2) is 68.4 Å². The minimum atomic E-state index is -0.0868. The fraction of sp³-hybridized carbons (Fsp3) is 0.469. The maximum absolute atomic E-state index is 12.5. The zero-order chi connectivity index (χ0) is 28.8. The molecule has 1 N–H and O–H groups in total. The molecule has 0 spiro atoms. The van der Waals surface area contributed by atoms with Crippen LogP contribution in [0.1, 0.15) is 55.2 Å². The summed E-state index contributed by atoms with van der Waals surface area (Å²) in [7, 11) is 1.69. The summed E-state index contributed by atoms with van der Waals surface area (Å²) in [6.45, 7) is 11.6. The number of thioether (sulfide) groups is 1. The van der Waals surface area contributed by atoms with Crippen LogP contribution in [0, 0.1) is 0 Å². The number of anilines is 2. The first-order valence-electron chi connectivity index (χ1n) is 14.4. The van der Waals surface area contributed by atoms with Gasteiger partial charge in [0.25, 0.3) is 5.91 Å². The molecule has 2 aliphatic heterocycles. The lowest BCUT2D eigenvalue weighted by molar-refractivity contribution is 0.0858. The lowest BCUT2D eigenvalue weighted by Gasteiger charge is -2.37. The number of nitrogens with one attached hydrogen (secondary N) is 1. The van der Waals surface area contributed by atoms with Gasteiger partial charge in [-0.1, -0.05) is 44.7 Å². The molecule has 2 aromatic carbocycles. The lowest BCUT2D eigenvalue weighted by atomic mass is 9.92. The number of rotatable bonds is 9. The van der Waals surface area contributed by atoms with Crippen LogP contribution in [0.15, 0.2) is 59.8 Å². The van der Waals surface area contributed by atoms with Crippen molar-refractivity contribution >= 4 is 29.2 Å². The molecule has 0 unspecified atom stereocenters. The third-order valence-electron chi connectivity index (χ3n) is 7.60. The second-order valence-corrected chi connectivity index (χ2v) is 12.6. The molecule has 2 aliphatic rings. The summed E-state index contributed by atoms with van der Waals surface area (Å²) >= 11 is 1.64. The average molecular weight is 576 g/mol. The summed E-state index contributed by atoms with van der Waals surface area (Å²) in [6, 6.07) is 18.2. The van der Waals surface area contributed by atoms with E-state index in [1.807, 2.05) is 36.4 Å².